The number of carboxylic acid groups (broad SMARTS) is 2. The van der Waals surface area contributed by atoms with Crippen LogP contribution in [0.25, 0.3) is 0 Å². The minimum absolute atomic E-state index is 0.103. The summed E-state index contributed by atoms with van der Waals surface area (Å²) in [5.41, 5.74) is -0.345. The van der Waals surface area contributed by atoms with E-state index in [2.05, 4.69) is 23.8 Å². The van der Waals surface area contributed by atoms with Gasteiger partial charge in [0.1, 0.15) is 6.23 Å². The average molecular weight is 531 g/mol. The summed E-state index contributed by atoms with van der Waals surface area (Å²) in [6, 6.07) is 0. The molecule has 0 saturated carbocycles. The topological polar surface area (TPSA) is 207 Å². The predicted molar refractivity (Wildman–Crippen MR) is 136 cm³/mol. The van der Waals surface area contributed by atoms with Gasteiger partial charge in [-0.3, -0.25) is 19.2 Å². The Balaban J connectivity index is -0.000000790. The molecule has 0 aromatic carbocycles. The molecule has 0 saturated heterocycles. The zero-order valence-electron chi connectivity index (χ0n) is 22.5. The Morgan fingerprint density at radius 2 is 1.32 bits per heavy atom. The molecule has 2 amide bonds. The van der Waals surface area contributed by atoms with E-state index in [1.165, 1.54) is 13.8 Å². The van der Waals surface area contributed by atoms with Crippen LogP contribution >= 0.6 is 0 Å². The van der Waals surface area contributed by atoms with Crippen molar-refractivity contribution < 1.29 is 49.2 Å². The van der Waals surface area contributed by atoms with Crippen molar-refractivity contribution in [3.05, 3.63) is 24.3 Å². The number of carbonyl (C=O) groups is 6. The van der Waals surface area contributed by atoms with Gasteiger partial charge in [0, 0.05) is 35.9 Å². The molecule has 212 valence electrons. The fraction of sp³-hybridized carbons (Fsp3) is 0.600. The minimum Gasteiger partial charge on any atom is -0.478 e. The van der Waals surface area contributed by atoms with Crippen molar-refractivity contribution in [3.63, 3.8) is 0 Å². The average Bonchev–Trinajstić information content (AvgIpc) is 2.78. The van der Waals surface area contributed by atoms with Crippen molar-refractivity contribution >= 4 is 35.3 Å². The molecule has 0 heterocycles. The van der Waals surface area contributed by atoms with Gasteiger partial charge in [0.25, 0.3) is 11.8 Å². The zero-order valence-corrected chi connectivity index (χ0v) is 22.5. The molecule has 0 aliphatic rings. The van der Waals surface area contributed by atoms with E-state index >= 15 is 0 Å². The summed E-state index contributed by atoms with van der Waals surface area (Å²) in [7, 11) is 0. The van der Waals surface area contributed by atoms with Crippen LogP contribution in [0.1, 0.15) is 67.2 Å². The van der Waals surface area contributed by atoms with Crippen LogP contribution in [0.5, 0.6) is 0 Å². The number of aliphatic hydroxyl groups excluding tert-OH is 2. The second-order valence-electron chi connectivity index (χ2n) is 9.06. The molecule has 12 nitrogen and oxygen atoms in total. The van der Waals surface area contributed by atoms with Crippen LogP contribution in [0, 0.1) is 11.3 Å². The van der Waals surface area contributed by atoms with Crippen molar-refractivity contribution in [1.82, 2.24) is 10.6 Å². The first-order valence-electron chi connectivity index (χ1n) is 11.5. The lowest BCUT2D eigenvalue weighted by Gasteiger charge is -2.33. The quantitative estimate of drug-likeness (QED) is 0.107. The van der Waals surface area contributed by atoms with Crippen molar-refractivity contribution in [3.8, 4) is 0 Å². The van der Waals surface area contributed by atoms with Gasteiger partial charge in [-0.1, -0.05) is 40.9 Å². The Bertz CT molecular complexity index is 785. The molecule has 37 heavy (non-hydrogen) atoms. The van der Waals surface area contributed by atoms with Gasteiger partial charge in [-0.05, 0) is 32.6 Å². The summed E-state index contributed by atoms with van der Waals surface area (Å²) in [6.07, 6.45) is -0.210. The summed E-state index contributed by atoms with van der Waals surface area (Å²) in [5, 5.41) is 39.4. The van der Waals surface area contributed by atoms with Gasteiger partial charge in [0.15, 0.2) is 0 Å². The Morgan fingerprint density at radius 3 is 1.68 bits per heavy atom. The highest BCUT2D eigenvalue weighted by Gasteiger charge is 2.32. The maximum atomic E-state index is 11.6. The third-order valence-electron chi connectivity index (χ3n) is 4.70. The van der Waals surface area contributed by atoms with Crippen molar-refractivity contribution in [1.29, 1.82) is 0 Å². The van der Waals surface area contributed by atoms with E-state index in [1.807, 2.05) is 6.92 Å². The number of hydrogen-bond donors (Lipinski definition) is 6. The first-order valence-corrected chi connectivity index (χ1v) is 11.5. The Hall–Kier alpha value is -3.38. The molecule has 0 radical (unpaired) electrons. The van der Waals surface area contributed by atoms with Crippen LogP contribution in [0.2, 0.25) is 0 Å². The van der Waals surface area contributed by atoms with Crippen LogP contribution < -0.4 is 10.6 Å². The summed E-state index contributed by atoms with van der Waals surface area (Å²) >= 11 is 0. The van der Waals surface area contributed by atoms with Crippen LogP contribution in [-0.4, -0.2) is 75.1 Å². The lowest BCUT2D eigenvalue weighted by molar-refractivity contribution is -0.142. The zero-order chi connectivity index (χ0) is 29.9. The number of Topliss-reactive ketones (excluding diaryl/α,β-unsaturated/α-hetero) is 2. The Kier molecular flexibility index (Phi) is 20.4. The summed E-state index contributed by atoms with van der Waals surface area (Å²) in [5.74, 6) is -4.53. The number of aliphatic carboxylic acids is 2. The SMILES string of the molecule is C=C(C)C(=O)O.C=C(C)C(=O)O.CCC(=O)C(=O)NCCC(C)CC(C)(C)C(O)NC(=O)C(=O)CCO. The van der Waals surface area contributed by atoms with Gasteiger partial charge in [-0.2, -0.15) is 0 Å². The molecule has 6 N–H and O–H groups in total. The number of amides is 2. The molecular formula is C25H42N2O10. The number of rotatable bonds is 14. The number of hydrogen-bond acceptors (Lipinski definition) is 8. The molecule has 12 heteroatoms. The van der Waals surface area contributed by atoms with E-state index in [0.29, 0.717) is 19.4 Å². The summed E-state index contributed by atoms with van der Waals surface area (Å²) in [6.45, 7) is 16.2. The van der Waals surface area contributed by atoms with Crippen molar-refractivity contribution in [2.45, 2.75) is 73.5 Å². The molecule has 0 aromatic rings. The van der Waals surface area contributed by atoms with Crippen LogP contribution in [0.3, 0.4) is 0 Å². The standard InChI is InChI=1S/C17H30N2O6.2C4H6O2/c1-5-12(21)14(23)18-8-6-11(2)10-17(3,4)16(25)19-15(24)13(22)7-9-20;2*1-3(2)4(5)6/h11,16,20,25H,5-10H2,1-4H3,(H,18,23)(H,19,24);2*1H2,2H3,(H,5,6). The van der Waals surface area contributed by atoms with E-state index < -0.39 is 53.6 Å². The van der Waals surface area contributed by atoms with Crippen LogP contribution in [-0.2, 0) is 28.8 Å². The Morgan fingerprint density at radius 1 is 0.892 bits per heavy atom. The smallest absolute Gasteiger partial charge is 0.330 e. The molecule has 0 aliphatic carbocycles. The lowest BCUT2D eigenvalue weighted by Crippen LogP contribution is -2.48. The number of carboxylic acids is 2. The van der Waals surface area contributed by atoms with Gasteiger partial charge >= 0.3 is 11.9 Å². The third kappa shape index (κ3) is 20.5. The van der Waals surface area contributed by atoms with E-state index in [9.17, 15) is 33.9 Å². The van der Waals surface area contributed by atoms with Crippen molar-refractivity contribution in [2.75, 3.05) is 13.2 Å². The molecular weight excluding hydrogens is 488 g/mol. The van der Waals surface area contributed by atoms with Gasteiger partial charge < -0.3 is 31.1 Å². The van der Waals surface area contributed by atoms with Gasteiger partial charge in [-0.15, -0.1) is 0 Å². The largest absolute Gasteiger partial charge is 0.478 e. The second kappa shape index (κ2) is 19.8. The van der Waals surface area contributed by atoms with E-state index in [4.69, 9.17) is 15.3 Å². The number of carbonyl (C=O) groups excluding carboxylic acids is 4. The molecule has 0 aliphatic heterocycles. The minimum atomic E-state index is -1.22. The highest BCUT2D eigenvalue weighted by molar-refractivity contribution is 6.36. The Labute approximate surface area is 217 Å². The van der Waals surface area contributed by atoms with Crippen LogP contribution in [0.15, 0.2) is 24.3 Å². The fourth-order valence-electron chi connectivity index (χ4n) is 2.42. The normalized spacial score (nSPS) is 11.7. The number of aliphatic hydroxyl groups is 2. The maximum Gasteiger partial charge on any atom is 0.330 e. The molecule has 0 bridgehead atoms. The first kappa shape index (κ1) is 38.2. The molecule has 0 fully saturated rings. The summed E-state index contributed by atoms with van der Waals surface area (Å²) in [4.78, 5) is 64.7. The van der Waals surface area contributed by atoms with Gasteiger partial charge in [0.2, 0.25) is 11.6 Å². The van der Waals surface area contributed by atoms with Gasteiger partial charge in [-0.25, -0.2) is 9.59 Å². The predicted octanol–water partition coefficient (Wildman–Crippen LogP) is 1.20. The fourth-order valence-corrected chi connectivity index (χ4v) is 2.42. The summed E-state index contributed by atoms with van der Waals surface area (Å²) < 4.78 is 0. The lowest BCUT2D eigenvalue weighted by atomic mass is 9.80. The molecule has 2 atom stereocenters. The van der Waals surface area contributed by atoms with Gasteiger partial charge in [0.05, 0.1) is 6.61 Å². The number of nitrogens with one attached hydrogen (secondary N) is 2. The van der Waals surface area contributed by atoms with Crippen LogP contribution in [0.4, 0.5) is 0 Å². The highest BCUT2D eigenvalue weighted by Crippen LogP contribution is 2.29. The highest BCUT2D eigenvalue weighted by atomic mass is 16.4. The maximum absolute atomic E-state index is 11.6. The second-order valence-corrected chi connectivity index (χ2v) is 9.06. The molecule has 2 unspecified atom stereocenters. The molecule has 0 aromatic heterocycles. The van der Waals surface area contributed by atoms with E-state index in [-0.39, 0.29) is 29.9 Å². The first-order chi connectivity index (χ1) is 16.8. The molecule has 0 rings (SSSR count). The molecule has 0 spiro atoms. The van der Waals surface area contributed by atoms with E-state index in [1.54, 1.807) is 20.8 Å². The number of ketones is 2. The van der Waals surface area contributed by atoms with Crippen molar-refractivity contribution in [2.24, 2.45) is 11.3 Å². The van der Waals surface area contributed by atoms with E-state index in [0.717, 1.165) is 0 Å². The monoisotopic (exact) mass is 530 g/mol. The third-order valence-corrected chi connectivity index (χ3v) is 4.70.